The SMILES string of the molecule is Cc1cc(-c2ccc(-c3ccccc3)cc2)cc(-c2ccc(-c3ccccc3)cc2)c1.Cc1cccc(-c2cc(C)cc(-c3cccc(C)c3)c2)c1.Cc1nc(-c2cccc(-c3ccc4ccccc4c3)c2)nc(-c2cccc(-c3ccc4ccccc4c3)c2)n1. The normalized spacial score (nSPS) is 10.9. The summed E-state index contributed by atoms with van der Waals surface area (Å²) in [6.45, 7) is 10.5. The van der Waals surface area contributed by atoms with Crippen molar-refractivity contribution in [3.63, 3.8) is 0 Å². The summed E-state index contributed by atoms with van der Waals surface area (Å²) in [5.41, 5.74) is 26.8. The minimum absolute atomic E-state index is 0.677. The van der Waals surface area contributed by atoms with E-state index in [-0.39, 0.29) is 0 Å². The summed E-state index contributed by atoms with van der Waals surface area (Å²) >= 11 is 0. The lowest BCUT2D eigenvalue weighted by Crippen LogP contribution is -1.99. The molecule has 0 saturated carbocycles. The monoisotopic (exact) mass is 1170 g/mol. The van der Waals surface area contributed by atoms with Crippen LogP contribution in [0.2, 0.25) is 0 Å². The number of nitrogens with zero attached hydrogens (tertiary/aromatic N) is 3. The Bertz CT molecular complexity index is 4720. The molecule has 0 bridgehead atoms. The van der Waals surface area contributed by atoms with Crippen LogP contribution in [-0.2, 0) is 0 Å². The van der Waals surface area contributed by atoms with Crippen LogP contribution in [0, 0.1) is 34.6 Å². The predicted molar refractivity (Wildman–Crippen MR) is 386 cm³/mol. The lowest BCUT2D eigenvalue weighted by molar-refractivity contribution is 0.992. The fourth-order valence-electron chi connectivity index (χ4n) is 12.0. The van der Waals surface area contributed by atoms with Gasteiger partial charge in [-0.1, -0.05) is 302 Å². The molecule has 0 fully saturated rings. The Morgan fingerprint density at radius 2 is 0.407 bits per heavy atom. The van der Waals surface area contributed by atoms with E-state index in [4.69, 9.17) is 15.0 Å². The molecule has 0 N–H and O–H groups in total. The predicted octanol–water partition coefficient (Wildman–Crippen LogP) is 23.8. The Morgan fingerprint density at radius 3 is 0.791 bits per heavy atom. The van der Waals surface area contributed by atoms with Gasteiger partial charge in [0.2, 0.25) is 0 Å². The minimum Gasteiger partial charge on any atom is -0.213 e. The van der Waals surface area contributed by atoms with E-state index in [1.54, 1.807) is 0 Å². The lowest BCUT2D eigenvalue weighted by atomic mass is 9.94. The summed E-state index contributed by atoms with van der Waals surface area (Å²) in [7, 11) is 0. The number of hydrogen-bond donors (Lipinski definition) is 0. The second-order valence-electron chi connectivity index (χ2n) is 23.6. The van der Waals surface area contributed by atoms with Crippen molar-refractivity contribution >= 4 is 21.5 Å². The van der Waals surface area contributed by atoms with Gasteiger partial charge in [-0.2, -0.15) is 0 Å². The number of benzene rings is 14. The molecule has 0 unspecified atom stereocenters. The van der Waals surface area contributed by atoms with Crippen LogP contribution in [0.25, 0.3) is 133 Å². The van der Waals surface area contributed by atoms with Crippen molar-refractivity contribution in [2.24, 2.45) is 0 Å². The molecule has 14 aromatic carbocycles. The van der Waals surface area contributed by atoms with Crippen molar-refractivity contribution in [3.05, 3.63) is 356 Å². The smallest absolute Gasteiger partial charge is 0.163 e. The zero-order valence-corrected chi connectivity index (χ0v) is 52.0. The van der Waals surface area contributed by atoms with E-state index in [1.807, 2.05) is 6.92 Å². The van der Waals surface area contributed by atoms with Crippen LogP contribution < -0.4 is 0 Å². The van der Waals surface area contributed by atoms with Crippen LogP contribution in [0.5, 0.6) is 0 Å². The van der Waals surface area contributed by atoms with Gasteiger partial charge in [-0.05, 0) is 193 Å². The molecule has 0 amide bonds. The first-order valence-electron chi connectivity index (χ1n) is 31.2. The van der Waals surface area contributed by atoms with Gasteiger partial charge in [-0.25, -0.2) is 15.0 Å². The molecule has 1 aromatic heterocycles. The van der Waals surface area contributed by atoms with Crippen molar-refractivity contribution in [1.82, 2.24) is 15.0 Å². The molecule has 15 aromatic rings. The zero-order valence-electron chi connectivity index (χ0n) is 52.0. The molecule has 0 atom stereocenters. The molecule has 1 heterocycles. The average Bonchev–Trinajstić information content (AvgIpc) is 2.45. The highest BCUT2D eigenvalue weighted by molar-refractivity contribution is 5.89. The molecule has 0 spiro atoms. The maximum absolute atomic E-state index is 4.92. The molecule has 3 nitrogen and oxygen atoms in total. The van der Waals surface area contributed by atoms with Gasteiger partial charge in [0, 0.05) is 11.1 Å². The Hall–Kier alpha value is -11.4. The summed E-state index contributed by atoms with van der Waals surface area (Å²) < 4.78 is 0. The maximum Gasteiger partial charge on any atom is 0.163 e. The quantitative estimate of drug-likeness (QED) is 0.137. The van der Waals surface area contributed by atoms with Crippen LogP contribution in [0.3, 0.4) is 0 Å². The van der Waals surface area contributed by atoms with E-state index in [1.165, 1.54) is 122 Å². The van der Waals surface area contributed by atoms with Crippen molar-refractivity contribution in [1.29, 1.82) is 0 Å². The van der Waals surface area contributed by atoms with Crippen molar-refractivity contribution in [2.75, 3.05) is 0 Å². The summed E-state index contributed by atoms with van der Waals surface area (Å²) in [5.74, 6) is 2.05. The van der Waals surface area contributed by atoms with Gasteiger partial charge in [0.1, 0.15) is 5.82 Å². The van der Waals surface area contributed by atoms with E-state index in [9.17, 15) is 0 Å². The first-order chi connectivity index (χ1) is 44.6. The van der Waals surface area contributed by atoms with E-state index in [2.05, 4.69) is 355 Å². The fourth-order valence-corrected chi connectivity index (χ4v) is 12.0. The van der Waals surface area contributed by atoms with E-state index >= 15 is 0 Å². The molecular formula is C88H69N3. The molecule has 0 aliphatic carbocycles. The molecular weight excluding hydrogens is 1100 g/mol. The second kappa shape index (κ2) is 26.9. The third kappa shape index (κ3) is 14.1. The summed E-state index contributed by atoms with van der Waals surface area (Å²) in [6.07, 6.45) is 0. The number of aromatic nitrogens is 3. The summed E-state index contributed by atoms with van der Waals surface area (Å²) in [5, 5.41) is 4.93. The van der Waals surface area contributed by atoms with Crippen LogP contribution in [0.15, 0.2) is 328 Å². The Morgan fingerprint density at radius 1 is 0.154 bits per heavy atom. The van der Waals surface area contributed by atoms with Gasteiger partial charge in [-0.15, -0.1) is 0 Å². The first-order valence-corrected chi connectivity index (χ1v) is 31.2. The van der Waals surface area contributed by atoms with E-state index in [0.717, 1.165) is 22.3 Å². The third-order valence-corrected chi connectivity index (χ3v) is 16.7. The second-order valence-corrected chi connectivity index (χ2v) is 23.6. The molecule has 0 aliphatic heterocycles. The van der Waals surface area contributed by atoms with Crippen molar-refractivity contribution in [3.8, 4) is 112 Å². The maximum atomic E-state index is 4.92. The lowest BCUT2D eigenvalue weighted by Gasteiger charge is -2.10. The van der Waals surface area contributed by atoms with Crippen LogP contribution in [0.4, 0.5) is 0 Å². The number of aryl methyl sites for hydroxylation is 5. The van der Waals surface area contributed by atoms with Gasteiger partial charge >= 0.3 is 0 Å². The topological polar surface area (TPSA) is 38.7 Å². The molecule has 0 radical (unpaired) electrons. The minimum atomic E-state index is 0.677. The Labute approximate surface area is 535 Å². The standard InChI is InChI=1S/C36H25N3.C31H24.C21H20/c1-24-37-35(33-14-6-12-29(22-33)31-18-16-25-8-2-4-10-27(25)20-31)39-36(38-24)34-15-7-13-30(23-34)32-19-17-26-9-3-5-11-28(26)21-32;1-23-20-30(28-16-12-26(13-17-28)24-8-4-2-5-9-24)22-31(21-23)29-18-14-27(15-19-29)25-10-6-3-7-11-25;1-15-6-4-8-18(10-15)20-12-17(3)13-21(14-20)19-9-5-7-16(2)11-19/h2-23H,1H3;2-22H,1H3;4-14H,1-3H3. The number of hydrogen-bond acceptors (Lipinski definition) is 3. The van der Waals surface area contributed by atoms with Crippen molar-refractivity contribution < 1.29 is 0 Å². The third-order valence-electron chi connectivity index (χ3n) is 16.7. The number of rotatable bonds is 10. The van der Waals surface area contributed by atoms with E-state index in [0.29, 0.717) is 17.5 Å². The van der Waals surface area contributed by atoms with E-state index < -0.39 is 0 Å². The Kier molecular flexibility index (Phi) is 17.3. The highest BCUT2D eigenvalue weighted by atomic mass is 15.0. The van der Waals surface area contributed by atoms with Crippen LogP contribution in [-0.4, -0.2) is 15.0 Å². The molecule has 3 heteroatoms. The Balaban J connectivity index is 0.000000131. The van der Waals surface area contributed by atoms with Gasteiger partial charge in [0.15, 0.2) is 11.6 Å². The van der Waals surface area contributed by atoms with Gasteiger partial charge in [-0.3, -0.25) is 0 Å². The largest absolute Gasteiger partial charge is 0.213 e. The van der Waals surface area contributed by atoms with Crippen molar-refractivity contribution in [2.45, 2.75) is 34.6 Å². The highest BCUT2D eigenvalue weighted by Gasteiger charge is 2.13. The highest BCUT2D eigenvalue weighted by Crippen LogP contribution is 2.35. The summed E-state index contributed by atoms with van der Waals surface area (Å²) in [4.78, 5) is 14.3. The van der Waals surface area contributed by atoms with Gasteiger partial charge in [0.25, 0.3) is 0 Å². The molecule has 0 aliphatic rings. The zero-order chi connectivity index (χ0) is 62.0. The first kappa shape index (κ1) is 58.6. The molecule has 91 heavy (non-hydrogen) atoms. The molecule has 0 saturated heterocycles. The number of fused-ring (bicyclic) bond motifs is 2. The van der Waals surface area contributed by atoms with Gasteiger partial charge in [0.05, 0.1) is 0 Å². The fraction of sp³-hybridized carbons (Fsp3) is 0.0568. The molecule has 436 valence electrons. The van der Waals surface area contributed by atoms with Crippen LogP contribution >= 0.6 is 0 Å². The summed E-state index contributed by atoms with van der Waals surface area (Å²) in [6, 6.07) is 117. The van der Waals surface area contributed by atoms with Crippen LogP contribution in [0.1, 0.15) is 28.1 Å². The van der Waals surface area contributed by atoms with Gasteiger partial charge < -0.3 is 0 Å². The molecule has 15 rings (SSSR count). The average molecular weight is 1170 g/mol.